The van der Waals surface area contributed by atoms with Crippen molar-refractivity contribution >= 4 is 29.5 Å². The third-order valence-corrected chi connectivity index (χ3v) is 7.40. The third-order valence-electron chi connectivity index (χ3n) is 7.40. The number of halogens is 4. The highest BCUT2D eigenvalue weighted by atomic mass is 19.4. The van der Waals surface area contributed by atoms with Crippen LogP contribution in [0.3, 0.4) is 0 Å². The van der Waals surface area contributed by atoms with E-state index in [1.807, 2.05) is 0 Å². The molecule has 0 saturated heterocycles. The first-order valence-electron chi connectivity index (χ1n) is 15.1. The Labute approximate surface area is 275 Å². The molecule has 262 valence electrons. The minimum Gasteiger partial charge on any atom is -0.490 e. The fraction of sp³-hybridized carbons (Fsp3) is 0.485. The number of nitrogens with one attached hydrogen (secondary N) is 1. The molecule has 1 N–H and O–H groups in total. The number of rotatable bonds is 12. The maximum absolute atomic E-state index is 15.6. The number of fused-ring (bicyclic) bond motifs is 1. The second-order valence-electron chi connectivity index (χ2n) is 12.1. The number of Topliss-reactive ketones (excluding diaryl/α,β-unsaturated/α-hetero) is 1. The summed E-state index contributed by atoms with van der Waals surface area (Å²) < 4.78 is 74.4. The second-order valence-corrected chi connectivity index (χ2v) is 12.1. The van der Waals surface area contributed by atoms with E-state index in [1.54, 1.807) is 40.7 Å². The molecule has 0 aromatic heterocycles. The summed E-state index contributed by atoms with van der Waals surface area (Å²) in [5, 5.41) is 8.68. The Bertz CT molecular complexity index is 1620. The Balaban J connectivity index is 2.02. The Hall–Kier alpha value is -4.69. The molecule has 2 aromatic carbocycles. The number of amidine groups is 1. The van der Waals surface area contributed by atoms with Gasteiger partial charge in [-0.25, -0.2) is 14.0 Å². The topological polar surface area (TPSA) is 136 Å². The van der Waals surface area contributed by atoms with Gasteiger partial charge in [0.05, 0.1) is 25.3 Å². The molecule has 0 spiro atoms. The van der Waals surface area contributed by atoms with Crippen LogP contribution in [0.1, 0.15) is 81.1 Å². The lowest BCUT2D eigenvalue weighted by Gasteiger charge is -2.29. The van der Waals surface area contributed by atoms with Crippen LogP contribution in [0.2, 0.25) is 0 Å². The summed E-state index contributed by atoms with van der Waals surface area (Å²) in [6, 6.07) is 4.49. The van der Waals surface area contributed by atoms with Crippen molar-refractivity contribution in [3.05, 3.63) is 51.8 Å². The molecule has 3 rings (SSSR count). The van der Waals surface area contributed by atoms with Gasteiger partial charge in [-0.2, -0.15) is 13.2 Å². The number of hydrogen-bond acceptors (Lipinski definition) is 9. The number of hydrogen-bond donors (Lipinski definition) is 1. The van der Waals surface area contributed by atoms with Gasteiger partial charge in [0.1, 0.15) is 11.6 Å². The maximum atomic E-state index is 15.6. The fourth-order valence-corrected chi connectivity index (χ4v) is 4.91. The monoisotopic (exact) mass is 681 g/mol. The number of benzene rings is 2. The summed E-state index contributed by atoms with van der Waals surface area (Å²) in [6.07, 6.45) is -7.10. The zero-order chi connectivity index (χ0) is 36.3. The molecule has 1 atom stereocenters. The highest BCUT2D eigenvalue weighted by Gasteiger charge is 2.43. The largest absolute Gasteiger partial charge is 0.491 e. The number of esters is 2. The Morgan fingerprint density at radius 3 is 2.19 bits per heavy atom. The van der Waals surface area contributed by atoms with Crippen molar-refractivity contribution in [2.75, 3.05) is 26.8 Å². The maximum Gasteiger partial charge on any atom is 0.491 e. The van der Waals surface area contributed by atoms with E-state index in [1.165, 1.54) is 35.9 Å². The number of nitrogens with zero attached hydrogens (tertiary/aromatic N) is 2. The molecule has 15 heteroatoms. The molecule has 0 radical (unpaired) electrons. The van der Waals surface area contributed by atoms with Gasteiger partial charge in [-0.05, 0) is 49.9 Å². The quantitative estimate of drug-likeness (QED) is 0.137. The van der Waals surface area contributed by atoms with Crippen LogP contribution >= 0.6 is 0 Å². The standard InChI is InChI=1S/C33H39F4N3O8/c1-9-45-24-13-20-15-40(29(38)25(20)26(34)28(24)46-10-2)16-23(42)19-11-21(14-39(8)18(4)41)27(22(12-19)32(5,6)7)47-17(3)30(43)48-31(44)33(35,36)37/h11-13,17,38H,9-10,14-16H2,1-8H3. The molecule has 2 aromatic rings. The molecule has 0 aliphatic carbocycles. The van der Waals surface area contributed by atoms with E-state index in [0.717, 1.165) is 6.92 Å². The van der Waals surface area contributed by atoms with Crippen molar-refractivity contribution in [2.24, 2.45) is 0 Å². The van der Waals surface area contributed by atoms with Gasteiger partial charge in [0.2, 0.25) is 5.91 Å². The first-order chi connectivity index (χ1) is 22.2. The summed E-state index contributed by atoms with van der Waals surface area (Å²) in [5.74, 6) is -6.07. The van der Waals surface area contributed by atoms with E-state index < -0.39 is 41.2 Å². The van der Waals surface area contributed by atoms with Crippen LogP contribution in [0.15, 0.2) is 18.2 Å². The molecule has 11 nitrogen and oxygen atoms in total. The first kappa shape index (κ1) is 37.8. The minimum absolute atomic E-state index is 0.00589. The van der Waals surface area contributed by atoms with Gasteiger partial charge in [-0.15, -0.1) is 0 Å². The van der Waals surface area contributed by atoms with Crippen molar-refractivity contribution in [2.45, 2.75) is 79.3 Å². The van der Waals surface area contributed by atoms with E-state index in [-0.39, 0.29) is 78.5 Å². The van der Waals surface area contributed by atoms with E-state index >= 15 is 4.39 Å². The van der Waals surface area contributed by atoms with Crippen LogP contribution in [0.4, 0.5) is 17.6 Å². The number of carbonyl (C=O) groups excluding carboxylic acids is 4. The highest BCUT2D eigenvalue weighted by Crippen LogP contribution is 2.40. The minimum atomic E-state index is -5.40. The number of ketones is 1. The molecule has 0 fully saturated rings. The van der Waals surface area contributed by atoms with Crippen LogP contribution in [0.25, 0.3) is 0 Å². The van der Waals surface area contributed by atoms with Crippen LogP contribution in [0, 0.1) is 11.2 Å². The Morgan fingerprint density at radius 1 is 1.02 bits per heavy atom. The van der Waals surface area contributed by atoms with Crippen molar-refractivity contribution in [1.29, 1.82) is 5.41 Å². The van der Waals surface area contributed by atoms with E-state index in [9.17, 15) is 32.3 Å². The van der Waals surface area contributed by atoms with Gasteiger partial charge >= 0.3 is 18.1 Å². The van der Waals surface area contributed by atoms with E-state index in [4.69, 9.17) is 19.6 Å². The number of alkyl halides is 3. The summed E-state index contributed by atoms with van der Waals surface area (Å²) >= 11 is 0. The summed E-state index contributed by atoms with van der Waals surface area (Å²) in [7, 11) is 1.47. The van der Waals surface area contributed by atoms with Crippen molar-refractivity contribution in [3.8, 4) is 17.2 Å². The molecule has 1 aliphatic heterocycles. The fourth-order valence-electron chi connectivity index (χ4n) is 4.91. The average molecular weight is 682 g/mol. The van der Waals surface area contributed by atoms with Gasteiger partial charge in [0.15, 0.2) is 29.2 Å². The van der Waals surface area contributed by atoms with Gasteiger partial charge in [-0.1, -0.05) is 20.8 Å². The smallest absolute Gasteiger partial charge is 0.490 e. The van der Waals surface area contributed by atoms with Gasteiger partial charge in [0.25, 0.3) is 0 Å². The van der Waals surface area contributed by atoms with Crippen molar-refractivity contribution in [1.82, 2.24) is 9.80 Å². The van der Waals surface area contributed by atoms with E-state index in [2.05, 4.69) is 4.74 Å². The zero-order valence-electron chi connectivity index (χ0n) is 28.0. The normalized spacial score (nSPS) is 13.5. The molecule has 1 aliphatic rings. The van der Waals surface area contributed by atoms with E-state index in [0.29, 0.717) is 11.1 Å². The number of amides is 1. The molecule has 1 unspecified atom stereocenters. The van der Waals surface area contributed by atoms with Gasteiger partial charge < -0.3 is 28.7 Å². The lowest BCUT2D eigenvalue weighted by molar-refractivity contribution is -0.203. The predicted octanol–water partition coefficient (Wildman–Crippen LogP) is 5.32. The summed E-state index contributed by atoms with van der Waals surface area (Å²) in [4.78, 5) is 52.3. The molecule has 48 heavy (non-hydrogen) atoms. The molecule has 0 saturated carbocycles. The van der Waals surface area contributed by atoms with Crippen molar-refractivity contribution < 1.29 is 55.7 Å². The van der Waals surface area contributed by atoms with Crippen LogP contribution in [-0.2, 0) is 37.6 Å². The van der Waals surface area contributed by atoms with Crippen LogP contribution in [-0.4, -0.2) is 78.4 Å². The van der Waals surface area contributed by atoms with Crippen molar-refractivity contribution in [3.63, 3.8) is 0 Å². The Morgan fingerprint density at radius 2 is 1.65 bits per heavy atom. The summed E-state index contributed by atoms with van der Waals surface area (Å²) in [5.41, 5.74) is 0.365. The predicted molar refractivity (Wildman–Crippen MR) is 165 cm³/mol. The number of carbonyl (C=O) groups is 4. The van der Waals surface area contributed by atoms with Gasteiger partial charge in [-0.3, -0.25) is 15.0 Å². The second kappa shape index (κ2) is 14.6. The first-order valence-corrected chi connectivity index (χ1v) is 15.1. The molecular weight excluding hydrogens is 642 g/mol. The Kier molecular flexibility index (Phi) is 11.5. The SMILES string of the molecule is CCOc1cc2c(c(F)c1OCC)C(=N)N(CC(=O)c1cc(CN(C)C(C)=O)c(OC(C)C(=O)OC(=O)C(F)(F)F)c(C(C)(C)C)c1)C2. The lowest BCUT2D eigenvalue weighted by atomic mass is 9.83. The third kappa shape index (κ3) is 8.42. The molecule has 1 amide bonds. The van der Waals surface area contributed by atoms with Crippen LogP contribution < -0.4 is 14.2 Å². The molecule has 0 bridgehead atoms. The summed E-state index contributed by atoms with van der Waals surface area (Å²) in [6.45, 7) is 11.1. The van der Waals surface area contributed by atoms with Crippen LogP contribution in [0.5, 0.6) is 17.2 Å². The number of ether oxygens (including phenoxy) is 4. The van der Waals surface area contributed by atoms with Gasteiger partial charge in [0, 0.05) is 43.8 Å². The average Bonchev–Trinajstić information content (AvgIpc) is 3.28. The zero-order valence-corrected chi connectivity index (χ0v) is 28.0. The lowest BCUT2D eigenvalue weighted by Crippen LogP contribution is -2.35. The molecule has 1 heterocycles. The molecular formula is C33H39F4N3O8. The highest BCUT2D eigenvalue weighted by molar-refractivity contribution is 6.06.